The van der Waals surface area contributed by atoms with Crippen molar-refractivity contribution >= 4 is 33.7 Å². The first-order valence-electron chi connectivity index (χ1n) is 4.79. The Balaban J connectivity index is 2.57. The van der Waals surface area contributed by atoms with Crippen LogP contribution in [0.5, 0.6) is 5.75 Å². The van der Waals surface area contributed by atoms with E-state index in [9.17, 15) is 4.79 Å². The van der Waals surface area contributed by atoms with Crippen LogP contribution in [0.1, 0.15) is 16.8 Å². The molecule has 1 aromatic rings. The van der Waals surface area contributed by atoms with Gasteiger partial charge in [0.15, 0.2) is 0 Å². The first-order valence-corrected chi connectivity index (χ1v) is 6.98. The summed E-state index contributed by atoms with van der Waals surface area (Å²) >= 11 is 5.07. The smallest absolute Gasteiger partial charge is 0.335 e. The largest absolute Gasteiger partial charge is 0.492 e. The van der Waals surface area contributed by atoms with Gasteiger partial charge in [-0.3, -0.25) is 0 Å². The number of carbonyl (C=O) groups is 1. The molecule has 0 amide bonds. The van der Waals surface area contributed by atoms with Crippen molar-refractivity contribution in [3.63, 3.8) is 0 Å². The van der Waals surface area contributed by atoms with E-state index < -0.39 is 5.97 Å². The Labute approximate surface area is 107 Å². The van der Waals surface area contributed by atoms with Gasteiger partial charge in [0, 0.05) is 0 Å². The Hall–Kier alpha value is -0.680. The molecule has 0 aromatic heterocycles. The molecule has 0 saturated carbocycles. The number of ether oxygens (including phenoxy) is 1. The van der Waals surface area contributed by atoms with Crippen molar-refractivity contribution in [3.05, 3.63) is 28.2 Å². The highest BCUT2D eigenvalue weighted by Gasteiger charge is 2.07. The monoisotopic (exact) mass is 304 g/mol. The number of aromatic carboxylic acids is 1. The lowest BCUT2D eigenvalue weighted by molar-refractivity contribution is 0.0697. The minimum Gasteiger partial charge on any atom is -0.492 e. The van der Waals surface area contributed by atoms with E-state index in [1.807, 2.05) is 0 Å². The van der Waals surface area contributed by atoms with E-state index in [0.29, 0.717) is 16.8 Å². The molecule has 0 aliphatic heterocycles. The number of carboxylic acids is 1. The summed E-state index contributed by atoms with van der Waals surface area (Å²) in [5.41, 5.74) is 0.253. The molecule has 0 spiro atoms. The van der Waals surface area contributed by atoms with Gasteiger partial charge in [-0.05, 0) is 52.6 Å². The van der Waals surface area contributed by atoms with Gasteiger partial charge in [-0.2, -0.15) is 11.8 Å². The van der Waals surface area contributed by atoms with E-state index in [0.717, 1.165) is 12.2 Å². The molecule has 0 unspecified atom stereocenters. The molecule has 0 bridgehead atoms. The SMILES string of the molecule is CSCCCOc1ccc(C(=O)O)cc1Br. The zero-order valence-electron chi connectivity index (χ0n) is 8.90. The zero-order chi connectivity index (χ0) is 12.0. The molecule has 0 aliphatic rings. The molecule has 0 fully saturated rings. The summed E-state index contributed by atoms with van der Waals surface area (Å²) in [5.74, 6) is 0.811. The average Bonchev–Trinajstić information content (AvgIpc) is 2.26. The molecule has 0 radical (unpaired) electrons. The number of hydrogen-bond acceptors (Lipinski definition) is 3. The maximum Gasteiger partial charge on any atom is 0.335 e. The fourth-order valence-electron chi connectivity index (χ4n) is 1.14. The molecule has 16 heavy (non-hydrogen) atoms. The molecule has 0 saturated heterocycles. The van der Waals surface area contributed by atoms with E-state index in [1.165, 1.54) is 6.07 Å². The van der Waals surface area contributed by atoms with Crippen molar-refractivity contribution in [2.24, 2.45) is 0 Å². The number of benzene rings is 1. The summed E-state index contributed by atoms with van der Waals surface area (Å²) in [6.07, 6.45) is 3.03. The fourth-order valence-corrected chi connectivity index (χ4v) is 2.04. The van der Waals surface area contributed by atoms with Gasteiger partial charge < -0.3 is 9.84 Å². The first kappa shape index (κ1) is 13.4. The highest BCUT2D eigenvalue weighted by Crippen LogP contribution is 2.26. The second-order valence-electron chi connectivity index (χ2n) is 3.15. The van der Waals surface area contributed by atoms with Gasteiger partial charge in [-0.15, -0.1) is 0 Å². The topological polar surface area (TPSA) is 46.5 Å². The minimum atomic E-state index is -0.936. The van der Waals surface area contributed by atoms with Crippen LogP contribution in [0, 0.1) is 0 Å². The van der Waals surface area contributed by atoms with Crippen LogP contribution in [0.2, 0.25) is 0 Å². The van der Waals surface area contributed by atoms with E-state index in [-0.39, 0.29) is 5.56 Å². The Kier molecular flexibility index (Phi) is 5.69. The predicted octanol–water partition coefficient (Wildman–Crippen LogP) is 3.28. The second kappa shape index (κ2) is 6.81. The summed E-state index contributed by atoms with van der Waals surface area (Å²) in [6, 6.07) is 4.76. The number of hydrogen-bond donors (Lipinski definition) is 1. The van der Waals surface area contributed by atoms with Gasteiger partial charge in [-0.25, -0.2) is 4.79 Å². The minimum absolute atomic E-state index is 0.253. The van der Waals surface area contributed by atoms with Crippen molar-refractivity contribution in [1.29, 1.82) is 0 Å². The summed E-state index contributed by atoms with van der Waals surface area (Å²) < 4.78 is 6.20. The zero-order valence-corrected chi connectivity index (χ0v) is 11.3. The third kappa shape index (κ3) is 4.06. The van der Waals surface area contributed by atoms with Crippen molar-refractivity contribution in [1.82, 2.24) is 0 Å². The molecule has 1 rings (SSSR count). The van der Waals surface area contributed by atoms with Gasteiger partial charge in [0.05, 0.1) is 16.6 Å². The van der Waals surface area contributed by atoms with Crippen LogP contribution in [-0.2, 0) is 0 Å². The summed E-state index contributed by atoms with van der Waals surface area (Å²) in [6.45, 7) is 0.645. The molecule has 0 atom stereocenters. The molecule has 3 nitrogen and oxygen atoms in total. The highest BCUT2D eigenvalue weighted by molar-refractivity contribution is 9.10. The lowest BCUT2D eigenvalue weighted by atomic mass is 10.2. The van der Waals surface area contributed by atoms with E-state index in [4.69, 9.17) is 9.84 Å². The second-order valence-corrected chi connectivity index (χ2v) is 4.99. The first-order chi connectivity index (χ1) is 7.65. The maximum absolute atomic E-state index is 10.7. The van der Waals surface area contributed by atoms with Crippen LogP contribution in [0.25, 0.3) is 0 Å². The van der Waals surface area contributed by atoms with Crippen LogP contribution < -0.4 is 4.74 Å². The quantitative estimate of drug-likeness (QED) is 0.819. The number of thioether (sulfide) groups is 1. The molecular formula is C11H13BrO3S. The Bertz CT molecular complexity index is 368. The molecule has 1 aromatic carbocycles. The molecule has 5 heteroatoms. The van der Waals surface area contributed by atoms with Gasteiger partial charge in [0.25, 0.3) is 0 Å². The van der Waals surface area contributed by atoms with Crippen LogP contribution in [0.4, 0.5) is 0 Å². The Morgan fingerprint density at radius 3 is 2.88 bits per heavy atom. The fraction of sp³-hybridized carbons (Fsp3) is 0.364. The molecular weight excluding hydrogens is 292 g/mol. The van der Waals surface area contributed by atoms with E-state index >= 15 is 0 Å². The molecule has 1 N–H and O–H groups in total. The number of rotatable bonds is 6. The normalized spacial score (nSPS) is 10.1. The lowest BCUT2D eigenvalue weighted by Gasteiger charge is -2.08. The maximum atomic E-state index is 10.7. The Morgan fingerprint density at radius 2 is 2.31 bits per heavy atom. The third-order valence-corrected chi connectivity index (χ3v) is 3.25. The summed E-state index contributed by atoms with van der Waals surface area (Å²) in [4.78, 5) is 10.7. The lowest BCUT2D eigenvalue weighted by Crippen LogP contribution is -2.01. The molecule has 88 valence electrons. The van der Waals surface area contributed by atoms with E-state index in [1.54, 1.807) is 23.9 Å². The van der Waals surface area contributed by atoms with E-state index in [2.05, 4.69) is 22.2 Å². The van der Waals surface area contributed by atoms with Crippen molar-refractivity contribution in [2.45, 2.75) is 6.42 Å². The standard InChI is InChI=1S/C11H13BrO3S/c1-16-6-2-5-15-10-4-3-8(11(13)14)7-9(10)12/h3-4,7H,2,5-6H2,1H3,(H,13,14). The van der Waals surface area contributed by atoms with Crippen molar-refractivity contribution < 1.29 is 14.6 Å². The Morgan fingerprint density at radius 1 is 1.56 bits per heavy atom. The van der Waals surface area contributed by atoms with Crippen LogP contribution in [-0.4, -0.2) is 29.7 Å². The highest BCUT2D eigenvalue weighted by atomic mass is 79.9. The molecule has 0 aliphatic carbocycles. The van der Waals surface area contributed by atoms with Crippen molar-refractivity contribution in [2.75, 3.05) is 18.6 Å². The summed E-state index contributed by atoms with van der Waals surface area (Å²) in [7, 11) is 0. The summed E-state index contributed by atoms with van der Waals surface area (Å²) in [5, 5.41) is 8.78. The van der Waals surface area contributed by atoms with Crippen LogP contribution in [0.3, 0.4) is 0 Å². The predicted molar refractivity (Wildman–Crippen MR) is 69.6 cm³/mol. The number of carboxylic acid groups (broad SMARTS) is 1. The van der Waals surface area contributed by atoms with Crippen LogP contribution in [0.15, 0.2) is 22.7 Å². The molecule has 0 heterocycles. The third-order valence-electron chi connectivity index (χ3n) is 1.93. The number of halogens is 1. The average molecular weight is 305 g/mol. The van der Waals surface area contributed by atoms with Crippen molar-refractivity contribution in [3.8, 4) is 5.75 Å². The van der Waals surface area contributed by atoms with Gasteiger partial charge in [-0.1, -0.05) is 0 Å². The van der Waals surface area contributed by atoms with Crippen LogP contribution >= 0.6 is 27.7 Å². The van der Waals surface area contributed by atoms with Gasteiger partial charge in [0.1, 0.15) is 5.75 Å². The van der Waals surface area contributed by atoms with Gasteiger partial charge >= 0.3 is 5.97 Å². The van der Waals surface area contributed by atoms with Gasteiger partial charge in [0.2, 0.25) is 0 Å².